The van der Waals surface area contributed by atoms with E-state index in [-0.39, 0.29) is 0 Å². The van der Waals surface area contributed by atoms with Crippen molar-refractivity contribution in [3.63, 3.8) is 0 Å². The molecule has 1 atom stereocenters. The first kappa shape index (κ1) is 19.8. The zero-order chi connectivity index (χ0) is 19.2. The molecular weight excluding hydrogens is 349 g/mol. The Morgan fingerprint density at radius 1 is 1.23 bits per heavy atom. The highest BCUT2D eigenvalue weighted by Gasteiger charge is 2.43. The van der Waals surface area contributed by atoms with Gasteiger partial charge in [-0.15, -0.1) is 0 Å². The van der Waals surface area contributed by atoms with Crippen molar-refractivity contribution >= 4 is 12.1 Å². The quantitative estimate of drug-likeness (QED) is 0.478. The van der Waals surface area contributed by atoms with Gasteiger partial charge in [0.1, 0.15) is 0 Å². The van der Waals surface area contributed by atoms with E-state index >= 15 is 0 Å². The monoisotopic (exact) mass is 368 g/mol. The molecule has 1 saturated heterocycles. The van der Waals surface area contributed by atoms with Crippen LogP contribution in [0, 0.1) is 17.3 Å². The summed E-state index contributed by atoms with van der Waals surface area (Å²) in [6.45, 7) is 3.28. The molecule has 0 bridgehead atoms. The Hall–Kier alpha value is -2.53. The predicted molar refractivity (Wildman–Crippen MR) is 88.0 cm³/mol. The lowest BCUT2D eigenvalue weighted by molar-refractivity contribution is -0.193. The van der Waals surface area contributed by atoms with Crippen LogP contribution in [0.1, 0.15) is 25.3 Å². The Labute approximate surface area is 149 Å². The van der Waals surface area contributed by atoms with Gasteiger partial charge in [0.2, 0.25) is 0 Å². The number of esters is 1. The van der Waals surface area contributed by atoms with Crippen molar-refractivity contribution in [2.45, 2.75) is 32.0 Å². The molecule has 1 amide bonds. The lowest BCUT2D eigenvalue weighted by Gasteiger charge is -2.38. The number of carbonyl (C=O) groups excluding carboxylic acids is 2. The molecule has 1 aliphatic heterocycles. The smallest absolute Gasteiger partial charge is 0.369 e. The third kappa shape index (κ3) is 5.49. The van der Waals surface area contributed by atoms with Crippen LogP contribution < -0.4 is 10.6 Å². The predicted octanol–water partition coefficient (Wildman–Crippen LogP) is 2.61. The maximum absolute atomic E-state index is 12.3. The number of benzene rings is 1. The second-order valence-electron chi connectivity index (χ2n) is 6.29. The van der Waals surface area contributed by atoms with Crippen LogP contribution in [-0.4, -0.2) is 37.4 Å². The van der Waals surface area contributed by atoms with Gasteiger partial charge in [0, 0.05) is 11.0 Å². The van der Waals surface area contributed by atoms with Gasteiger partial charge >= 0.3 is 18.2 Å². The van der Waals surface area contributed by atoms with Crippen LogP contribution in [0.3, 0.4) is 0 Å². The molecule has 1 aromatic rings. The molecule has 8 heteroatoms. The molecule has 1 heterocycles. The van der Waals surface area contributed by atoms with Crippen LogP contribution >= 0.6 is 0 Å². The van der Waals surface area contributed by atoms with Gasteiger partial charge in [-0.3, -0.25) is 0 Å². The summed E-state index contributed by atoms with van der Waals surface area (Å²) in [5, 5.41) is 5.50. The first-order valence-corrected chi connectivity index (χ1v) is 8.07. The normalized spacial score (nSPS) is 17.4. The highest BCUT2D eigenvalue weighted by atomic mass is 19.4. The van der Waals surface area contributed by atoms with Crippen molar-refractivity contribution in [2.75, 3.05) is 13.1 Å². The van der Waals surface area contributed by atoms with Crippen molar-refractivity contribution in [3.8, 4) is 11.8 Å². The second-order valence-corrected chi connectivity index (χ2v) is 6.29. The lowest BCUT2D eigenvalue weighted by atomic mass is 9.74. The van der Waals surface area contributed by atoms with Crippen LogP contribution in [-0.2, 0) is 9.53 Å². The first-order valence-electron chi connectivity index (χ1n) is 8.07. The minimum absolute atomic E-state index is 0.465. The molecule has 2 N–H and O–H groups in total. The van der Waals surface area contributed by atoms with Gasteiger partial charge in [-0.2, -0.15) is 13.2 Å². The maximum atomic E-state index is 12.3. The Balaban J connectivity index is 2.17. The van der Waals surface area contributed by atoms with Gasteiger partial charge in [0.05, 0.1) is 6.04 Å². The Bertz CT molecular complexity index is 702. The van der Waals surface area contributed by atoms with Gasteiger partial charge in [0.15, 0.2) is 0 Å². The number of amides is 1. The Morgan fingerprint density at radius 2 is 1.85 bits per heavy atom. The fraction of sp³-hybridized carbons (Fsp3) is 0.444. The molecule has 5 nitrogen and oxygen atoms in total. The van der Waals surface area contributed by atoms with E-state index in [9.17, 15) is 22.8 Å². The number of hydrogen-bond donors (Lipinski definition) is 2. The van der Waals surface area contributed by atoms with Crippen LogP contribution in [0.5, 0.6) is 0 Å². The molecule has 26 heavy (non-hydrogen) atoms. The summed E-state index contributed by atoms with van der Waals surface area (Å²) in [6.07, 6.45) is -5.37. The number of alkyl carbamates (subject to hydrolysis) is 1. The molecule has 1 unspecified atom stereocenters. The minimum Gasteiger partial charge on any atom is -0.369 e. The van der Waals surface area contributed by atoms with E-state index in [1.54, 1.807) is 24.3 Å². The van der Waals surface area contributed by atoms with E-state index < -0.39 is 29.7 Å². The Morgan fingerprint density at radius 3 is 2.42 bits per heavy atom. The number of alkyl halides is 3. The van der Waals surface area contributed by atoms with Gasteiger partial charge in [-0.1, -0.05) is 37.0 Å². The van der Waals surface area contributed by atoms with Gasteiger partial charge in [0.25, 0.3) is 0 Å². The van der Waals surface area contributed by atoms with E-state index in [4.69, 9.17) is 0 Å². The number of hydrogen-bond acceptors (Lipinski definition) is 4. The molecular formula is C18H19F3N2O3. The molecule has 0 saturated carbocycles. The molecule has 0 aromatic heterocycles. The summed E-state index contributed by atoms with van der Waals surface area (Å²) in [6, 6.07) is 8.22. The standard InChI is InChI=1S/C18H19F3N2O3/c1-17(9-11-22-12-10-17)14(8-7-13-5-3-2-4-6-13)23-16(25)26-15(24)18(19,20)21/h2-6,14,22H,9-12H2,1H3,(H,23,25). The Kier molecular flexibility index (Phi) is 6.27. The number of carbonyl (C=O) groups is 2. The van der Waals surface area contributed by atoms with E-state index in [1.165, 1.54) is 0 Å². The van der Waals surface area contributed by atoms with Gasteiger partial charge in [-0.05, 0) is 38.1 Å². The van der Waals surface area contributed by atoms with Crippen molar-refractivity contribution in [1.29, 1.82) is 0 Å². The average molecular weight is 368 g/mol. The summed E-state index contributed by atoms with van der Waals surface area (Å²) in [5.74, 6) is 3.26. The number of rotatable bonds is 2. The average Bonchev–Trinajstić information content (AvgIpc) is 2.59. The number of piperidine rings is 1. The van der Waals surface area contributed by atoms with Crippen LogP contribution in [0.2, 0.25) is 0 Å². The number of nitrogens with one attached hydrogen (secondary N) is 2. The van der Waals surface area contributed by atoms with Crippen molar-refractivity contribution in [3.05, 3.63) is 35.9 Å². The molecule has 140 valence electrons. The van der Waals surface area contributed by atoms with Crippen LogP contribution in [0.4, 0.5) is 18.0 Å². The van der Waals surface area contributed by atoms with E-state index in [0.717, 1.165) is 0 Å². The first-order chi connectivity index (χ1) is 12.2. The number of ether oxygens (including phenoxy) is 1. The van der Waals surface area contributed by atoms with E-state index in [2.05, 4.69) is 27.2 Å². The molecule has 0 radical (unpaired) electrons. The van der Waals surface area contributed by atoms with Gasteiger partial charge in [-0.25, -0.2) is 9.59 Å². The SMILES string of the molecule is CC1(C(C#Cc2ccccc2)NC(=O)OC(=O)C(F)(F)F)CCNCC1. The zero-order valence-corrected chi connectivity index (χ0v) is 14.2. The van der Waals surface area contributed by atoms with E-state index in [1.807, 2.05) is 13.0 Å². The third-order valence-electron chi connectivity index (χ3n) is 4.26. The summed E-state index contributed by atoms with van der Waals surface area (Å²) in [5.41, 5.74) is 0.240. The minimum atomic E-state index is -5.23. The number of halogens is 3. The van der Waals surface area contributed by atoms with Crippen molar-refractivity contribution < 1.29 is 27.5 Å². The van der Waals surface area contributed by atoms with Crippen LogP contribution in [0.15, 0.2) is 30.3 Å². The fourth-order valence-electron chi connectivity index (χ4n) is 2.64. The summed E-state index contributed by atoms with van der Waals surface area (Å²) >= 11 is 0. The zero-order valence-electron chi connectivity index (χ0n) is 14.2. The lowest BCUT2D eigenvalue weighted by Crippen LogP contribution is -2.51. The second kappa shape index (κ2) is 8.23. The molecule has 0 aliphatic carbocycles. The fourth-order valence-corrected chi connectivity index (χ4v) is 2.64. The van der Waals surface area contributed by atoms with Crippen LogP contribution in [0.25, 0.3) is 0 Å². The van der Waals surface area contributed by atoms with Crippen molar-refractivity contribution in [1.82, 2.24) is 10.6 Å². The topological polar surface area (TPSA) is 67.4 Å². The highest BCUT2D eigenvalue weighted by molar-refractivity contribution is 5.87. The summed E-state index contributed by atoms with van der Waals surface area (Å²) in [4.78, 5) is 22.6. The molecule has 0 spiro atoms. The molecule has 2 rings (SSSR count). The maximum Gasteiger partial charge on any atom is 0.491 e. The molecule has 1 aliphatic rings. The summed E-state index contributed by atoms with van der Waals surface area (Å²) in [7, 11) is 0. The molecule has 1 aromatic carbocycles. The largest absolute Gasteiger partial charge is 0.491 e. The third-order valence-corrected chi connectivity index (χ3v) is 4.26. The summed E-state index contributed by atoms with van der Waals surface area (Å²) < 4.78 is 40.6. The highest BCUT2D eigenvalue weighted by Crippen LogP contribution is 2.32. The molecule has 1 fully saturated rings. The van der Waals surface area contributed by atoms with Gasteiger partial charge < -0.3 is 15.4 Å². The van der Waals surface area contributed by atoms with Crippen molar-refractivity contribution in [2.24, 2.45) is 5.41 Å². The van der Waals surface area contributed by atoms with E-state index in [0.29, 0.717) is 31.5 Å².